The number of nitrogen functional groups attached to an aromatic ring is 1. The lowest BCUT2D eigenvalue weighted by molar-refractivity contribution is -0.148. The number of hydrogen-bond donors (Lipinski definition) is 4. The van der Waals surface area contributed by atoms with Gasteiger partial charge in [-0.1, -0.05) is 89.0 Å². The molecule has 1 saturated heterocycles. The van der Waals surface area contributed by atoms with Crippen LogP contribution in [0.5, 0.6) is 17.4 Å². The normalized spacial score (nSPS) is 20.7. The Hall–Kier alpha value is -2.71. The minimum absolute atomic E-state index is 0.0125. The Balaban J connectivity index is 0.000000411. The molecule has 0 amide bonds. The molecular weight excluding hydrogens is 1120 g/mol. The summed E-state index contributed by atoms with van der Waals surface area (Å²) in [5, 5.41) is 13.3. The fourth-order valence-corrected chi connectivity index (χ4v) is 9.32. The number of fused-ring (bicyclic) bond motifs is 1. The first-order valence-corrected chi connectivity index (χ1v) is 30.4. The number of aromatic nitrogens is 4. The van der Waals surface area contributed by atoms with Crippen molar-refractivity contribution in [2.45, 2.75) is 105 Å². The number of hydrogen-bond acceptors (Lipinski definition) is 17. The molecule has 398 valence electrons. The summed E-state index contributed by atoms with van der Waals surface area (Å²) in [5.41, 5.74) is 3.61. The van der Waals surface area contributed by atoms with Crippen molar-refractivity contribution in [1.82, 2.24) is 29.7 Å². The van der Waals surface area contributed by atoms with E-state index in [2.05, 4.69) is 58.8 Å². The number of nitrogens with one attached hydrogen (secondary N) is 2. The van der Waals surface area contributed by atoms with Gasteiger partial charge < -0.3 is 38.8 Å². The number of carbonyl (C=O) groups excluding carboxylic acids is 2. The zero-order chi connectivity index (χ0) is 53.9. The van der Waals surface area contributed by atoms with Crippen LogP contribution in [0.1, 0.15) is 75.5 Å². The Morgan fingerprint density at radius 3 is 1.83 bits per heavy atom. The maximum Gasteiger partial charge on any atom is 0.459 e. The van der Waals surface area contributed by atoms with Gasteiger partial charge in [0.1, 0.15) is 35.3 Å². The third-order valence-corrected chi connectivity index (χ3v) is 12.7. The number of alkyl halides is 1. The second-order valence-electron chi connectivity index (χ2n) is 18.1. The van der Waals surface area contributed by atoms with Crippen molar-refractivity contribution in [2.24, 2.45) is 10.8 Å². The van der Waals surface area contributed by atoms with E-state index < -0.39 is 74.6 Å². The van der Waals surface area contributed by atoms with Crippen LogP contribution < -0.4 is 29.7 Å². The van der Waals surface area contributed by atoms with Gasteiger partial charge in [0.2, 0.25) is 11.8 Å². The van der Waals surface area contributed by atoms with E-state index in [1.807, 2.05) is 41.5 Å². The van der Waals surface area contributed by atoms with E-state index in [1.165, 1.54) is 49.9 Å². The number of nitrogens with zero attached hydrogens (tertiary/aromatic N) is 4. The number of para-hydroxylation sites is 2. The Labute approximate surface area is 440 Å². The van der Waals surface area contributed by atoms with Crippen LogP contribution in [0, 0.1) is 10.8 Å². The maximum atomic E-state index is 15.7. The summed E-state index contributed by atoms with van der Waals surface area (Å²) < 4.78 is 91.0. The van der Waals surface area contributed by atoms with Crippen LogP contribution >= 0.6 is 88.0 Å². The highest BCUT2D eigenvalue weighted by Crippen LogP contribution is 2.61. The highest BCUT2D eigenvalue weighted by atomic mass is 36.0. The predicted molar refractivity (Wildman–Crippen MR) is 273 cm³/mol. The van der Waals surface area contributed by atoms with Gasteiger partial charge in [0.05, 0.1) is 42.8 Å². The van der Waals surface area contributed by atoms with Crippen LogP contribution in [0.4, 0.5) is 10.3 Å². The molecule has 0 saturated carbocycles. The molecule has 1 fully saturated rings. The third-order valence-electron chi connectivity index (χ3n) is 8.85. The number of ether oxygens (including phenoxy) is 4. The second kappa shape index (κ2) is 26.2. The molecule has 3 heterocycles. The largest absolute Gasteiger partial charge is 0.476 e. The van der Waals surface area contributed by atoms with Gasteiger partial charge in [0.15, 0.2) is 23.6 Å². The minimum Gasteiger partial charge on any atom is -0.476 e. The van der Waals surface area contributed by atoms with Crippen LogP contribution in [0.25, 0.3) is 11.2 Å². The fourth-order valence-electron chi connectivity index (χ4n) is 5.65. The van der Waals surface area contributed by atoms with E-state index >= 15 is 4.39 Å². The number of carbonyl (C=O) groups is 2. The van der Waals surface area contributed by atoms with Crippen molar-refractivity contribution in [3.05, 3.63) is 64.9 Å². The topological polar surface area (TPSA) is 264 Å². The van der Waals surface area contributed by atoms with Crippen LogP contribution in [-0.2, 0) is 42.0 Å². The third kappa shape index (κ3) is 20.9. The minimum atomic E-state index is -4.44. The van der Waals surface area contributed by atoms with Gasteiger partial charge in [-0.3, -0.25) is 23.2 Å². The van der Waals surface area contributed by atoms with Crippen LogP contribution in [0.2, 0.25) is 10.0 Å². The number of esters is 2. The van der Waals surface area contributed by atoms with Crippen LogP contribution in [0.15, 0.2) is 54.9 Å². The summed E-state index contributed by atoms with van der Waals surface area (Å²) in [6.07, 6.45) is -3.57. The molecule has 0 spiro atoms. The molecule has 30 heteroatoms. The van der Waals surface area contributed by atoms with Crippen molar-refractivity contribution in [3.8, 4) is 17.4 Å². The lowest BCUT2D eigenvalue weighted by atomic mass is 9.98. The van der Waals surface area contributed by atoms with Gasteiger partial charge in [0, 0.05) is 11.2 Å². The molecule has 0 aliphatic carbocycles. The van der Waals surface area contributed by atoms with Crippen LogP contribution in [-0.4, -0.2) is 93.0 Å². The molecule has 4 aromatic rings. The number of halogens is 7. The van der Waals surface area contributed by atoms with E-state index in [0.29, 0.717) is 0 Å². The molecular formula is C41H57Cl6FN7O13P3. The average Bonchev–Trinajstić information content (AvgIpc) is 3.75. The number of anilines is 1. The second-order valence-corrected chi connectivity index (χ2v) is 29.9. The highest BCUT2D eigenvalue weighted by molar-refractivity contribution is 8.24. The van der Waals surface area contributed by atoms with Crippen molar-refractivity contribution >= 4 is 117 Å². The Bertz CT molecular complexity index is 2580. The fraction of sp³-hybridized carbons (Fsp3) is 0.537. The first kappa shape index (κ1) is 62.6. The number of aliphatic hydroxyl groups is 1. The van der Waals surface area contributed by atoms with Gasteiger partial charge in [0.25, 0.3) is 0 Å². The molecule has 0 radical (unpaired) electrons. The molecule has 2 aromatic heterocycles. The highest BCUT2D eigenvalue weighted by Gasteiger charge is 2.55. The van der Waals surface area contributed by atoms with Crippen LogP contribution in [0.3, 0.4) is 0 Å². The summed E-state index contributed by atoms with van der Waals surface area (Å²) in [4.78, 5) is 36.9. The number of nitrogens with two attached hydrogens (primary N) is 1. The van der Waals surface area contributed by atoms with Gasteiger partial charge in [-0.25, -0.2) is 23.6 Å². The molecule has 1 aliphatic rings. The van der Waals surface area contributed by atoms with E-state index in [0.717, 1.165) is 0 Å². The summed E-state index contributed by atoms with van der Waals surface area (Å²) in [5.74, 6) is -1.13. The SMILES string of the molecule is CCOc1nc(N)nc2c1ncn2[C@@H]1O[C@H](COP(=O)(N[C@@H](C)C(=O)OCC(C)(C)C)Oc2ccccc2Cl)[C@@H](F)[C@@]1(C)O.C[C@H](NP(=O)(Cl)Oc1ccccc1Cl)C(=O)OCC(C)(C)C.O=P(Cl)(Cl)Cl. The molecule has 5 N–H and O–H groups in total. The Kier molecular flexibility index (Phi) is 23.1. The van der Waals surface area contributed by atoms with Crippen molar-refractivity contribution in [3.63, 3.8) is 0 Å². The molecule has 20 nitrogen and oxygen atoms in total. The summed E-state index contributed by atoms with van der Waals surface area (Å²) >= 11 is 31.8. The zero-order valence-electron chi connectivity index (χ0n) is 40.1. The van der Waals surface area contributed by atoms with Gasteiger partial charge >= 0.3 is 31.8 Å². The van der Waals surface area contributed by atoms with Gasteiger partial charge in [-0.2, -0.15) is 15.1 Å². The van der Waals surface area contributed by atoms with E-state index in [4.69, 9.17) is 72.7 Å². The Morgan fingerprint density at radius 1 is 0.873 bits per heavy atom. The van der Waals surface area contributed by atoms with Gasteiger partial charge in [-0.15, -0.1) is 0 Å². The summed E-state index contributed by atoms with van der Waals surface area (Å²) in [6, 6.07) is 10.6. The number of benzene rings is 2. The number of rotatable bonds is 18. The smallest absolute Gasteiger partial charge is 0.459 e. The standard InChI is InChI=1S/C27H37ClFN6O8P.C14H20Cl2NO4P.Cl3OP/c1-7-39-22-19-21(32-25(30)33-22)35(14-31-19)24-27(6,37)20(29)18(42-24)12-41-44(38,43-17-11-9-8-10-16(17)28)34-15(2)23(36)40-13-26(3,4)5;1-10(13(18)20-9-14(2,3)4)17-22(16,19)21-12-8-6-5-7-11(12)15;1-5(2,3)4/h8-11,14-15,18,20,24,37H,7,12-13H2,1-6H3,(H,34,38)(H2,30,32,33);5-8,10H,9H2,1-4H3,(H,17,19);/t15-,18+,20+,24+,27+,44?;10-,22?;/m00./s1. The average molecular weight is 1180 g/mol. The molecule has 1 aliphatic heterocycles. The molecule has 71 heavy (non-hydrogen) atoms. The molecule has 2 unspecified atom stereocenters. The summed E-state index contributed by atoms with van der Waals surface area (Å²) in [6.45, 7) is 13.5. The van der Waals surface area contributed by atoms with E-state index in [-0.39, 0.29) is 75.2 Å². The lowest BCUT2D eigenvalue weighted by Gasteiger charge is -2.26. The number of imidazole rings is 1. The maximum absolute atomic E-state index is 15.7. The first-order valence-electron chi connectivity index (χ1n) is 21.2. The first-order chi connectivity index (χ1) is 32.5. The molecule has 5 rings (SSSR count). The quantitative estimate of drug-likeness (QED) is 0.0533. The van der Waals surface area contributed by atoms with Crippen molar-refractivity contribution < 1.29 is 65.3 Å². The summed E-state index contributed by atoms with van der Waals surface area (Å²) in [7, 11) is -4.44. The predicted octanol–water partition coefficient (Wildman–Crippen LogP) is 11.7. The van der Waals surface area contributed by atoms with Crippen molar-refractivity contribution in [2.75, 3.05) is 32.2 Å². The van der Waals surface area contributed by atoms with E-state index in [9.17, 15) is 28.4 Å². The lowest BCUT2D eigenvalue weighted by Crippen LogP contribution is -2.42. The van der Waals surface area contributed by atoms with E-state index in [1.54, 1.807) is 37.3 Å². The molecule has 2 aromatic carbocycles. The molecule has 0 bridgehead atoms. The Morgan fingerprint density at radius 2 is 1.35 bits per heavy atom. The zero-order valence-corrected chi connectivity index (χ0v) is 47.3. The van der Waals surface area contributed by atoms with Gasteiger partial charge in [-0.05, 0) is 96.5 Å². The molecule has 8 atom stereocenters. The monoisotopic (exact) mass is 1180 g/mol. The van der Waals surface area contributed by atoms with Crippen molar-refractivity contribution in [1.29, 1.82) is 0 Å².